The molecule has 3 aromatic carbocycles. The average Bonchev–Trinajstić information content (AvgIpc) is 3.32. The van der Waals surface area contributed by atoms with E-state index < -0.39 is 18.0 Å². The fraction of sp³-hybridized carbons (Fsp3) is 0.233. The van der Waals surface area contributed by atoms with Crippen molar-refractivity contribution in [2.45, 2.75) is 39.7 Å². The maximum absolute atomic E-state index is 13.0. The third-order valence-corrected chi connectivity index (χ3v) is 7.12. The average molecular weight is 583 g/mol. The number of hydrogen-bond acceptors (Lipinski definition) is 6. The molecule has 0 bridgehead atoms. The lowest BCUT2D eigenvalue weighted by Gasteiger charge is -2.20. The van der Waals surface area contributed by atoms with Crippen LogP contribution in [0, 0.1) is 6.92 Å². The number of cyclic esters (lactones) is 1. The first-order valence-electron chi connectivity index (χ1n) is 12.5. The lowest BCUT2D eigenvalue weighted by atomic mass is 9.93. The second-order valence-corrected chi connectivity index (χ2v) is 9.97. The highest BCUT2D eigenvalue weighted by Crippen LogP contribution is 2.41. The first-order valence-corrected chi connectivity index (χ1v) is 13.3. The zero-order valence-corrected chi connectivity index (χ0v) is 23.7. The lowest BCUT2D eigenvalue weighted by Crippen LogP contribution is -2.22. The number of amides is 2. The van der Waals surface area contributed by atoms with E-state index in [0.717, 1.165) is 11.1 Å². The highest BCUT2D eigenvalue weighted by atomic mass is 35.5. The predicted molar refractivity (Wildman–Crippen MR) is 155 cm³/mol. The number of fused-ring (bicyclic) bond motifs is 1. The standard InChI is InChI=1S/C30H28Cl2N2O6/c1-17(13-15-25(35)40-24-11-7-5-9-22(24)32)12-14-19-27(34-30(37)33-23-10-6-4-8-21(23)31)26-20(16-39-29(26)36)18(2)28(19)38-3/h4-12H,13-16H2,1-3H3,(H2,33,34,37)/b17-12+. The van der Waals surface area contributed by atoms with Crippen molar-refractivity contribution in [2.75, 3.05) is 17.7 Å². The van der Waals surface area contributed by atoms with E-state index in [2.05, 4.69) is 10.6 Å². The summed E-state index contributed by atoms with van der Waals surface area (Å²) in [4.78, 5) is 38.1. The van der Waals surface area contributed by atoms with Gasteiger partial charge < -0.3 is 24.8 Å². The van der Waals surface area contributed by atoms with E-state index in [4.69, 9.17) is 37.4 Å². The van der Waals surface area contributed by atoms with E-state index in [1.165, 1.54) is 7.11 Å². The molecular formula is C30H28Cl2N2O6. The Hall–Kier alpha value is -4.01. The summed E-state index contributed by atoms with van der Waals surface area (Å²) in [5.74, 6) is -0.0923. The molecule has 0 radical (unpaired) electrons. The number of anilines is 2. The number of para-hydroxylation sites is 2. The molecule has 8 nitrogen and oxygen atoms in total. The largest absolute Gasteiger partial charge is 0.496 e. The number of carbonyl (C=O) groups excluding carboxylic acids is 3. The van der Waals surface area contributed by atoms with Gasteiger partial charge in [0.25, 0.3) is 0 Å². The number of allylic oxidation sites excluding steroid dienone is 2. The summed E-state index contributed by atoms with van der Waals surface area (Å²) in [6.07, 6.45) is 2.82. The number of rotatable bonds is 9. The molecule has 1 aliphatic rings. The van der Waals surface area contributed by atoms with Crippen LogP contribution in [0.15, 0.2) is 60.2 Å². The van der Waals surface area contributed by atoms with E-state index >= 15 is 0 Å². The maximum Gasteiger partial charge on any atom is 0.341 e. The van der Waals surface area contributed by atoms with Crippen LogP contribution in [0.2, 0.25) is 10.0 Å². The number of ether oxygens (including phenoxy) is 3. The van der Waals surface area contributed by atoms with Gasteiger partial charge in [0.05, 0.1) is 34.1 Å². The van der Waals surface area contributed by atoms with Gasteiger partial charge in [-0.15, -0.1) is 0 Å². The van der Waals surface area contributed by atoms with Crippen molar-refractivity contribution in [1.82, 2.24) is 0 Å². The van der Waals surface area contributed by atoms with Gasteiger partial charge in [0.15, 0.2) is 0 Å². The number of carbonyl (C=O) groups is 3. The number of esters is 2. The van der Waals surface area contributed by atoms with E-state index in [-0.39, 0.29) is 18.6 Å². The zero-order chi connectivity index (χ0) is 28.8. The quantitative estimate of drug-likeness (QED) is 0.154. The zero-order valence-electron chi connectivity index (χ0n) is 22.2. The molecule has 1 heterocycles. The van der Waals surface area contributed by atoms with Crippen molar-refractivity contribution in [1.29, 1.82) is 0 Å². The Kier molecular flexibility index (Phi) is 9.34. The molecule has 0 unspecified atom stereocenters. The Morgan fingerprint density at radius 3 is 2.42 bits per heavy atom. The second-order valence-electron chi connectivity index (χ2n) is 9.16. The Bertz CT molecular complexity index is 1500. The summed E-state index contributed by atoms with van der Waals surface area (Å²) in [6.45, 7) is 3.82. The van der Waals surface area contributed by atoms with Crippen molar-refractivity contribution in [2.24, 2.45) is 0 Å². The van der Waals surface area contributed by atoms with Gasteiger partial charge in [-0.25, -0.2) is 9.59 Å². The number of nitrogens with one attached hydrogen (secondary N) is 2. The van der Waals surface area contributed by atoms with Crippen LogP contribution >= 0.6 is 23.2 Å². The van der Waals surface area contributed by atoms with Gasteiger partial charge in [0.1, 0.15) is 18.1 Å². The van der Waals surface area contributed by atoms with Gasteiger partial charge in [0, 0.05) is 17.5 Å². The van der Waals surface area contributed by atoms with Crippen molar-refractivity contribution in [3.05, 3.63) is 92.5 Å². The van der Waals surface area contributed by atoms with Gasteiger partial charge >= 0.3 is 18.0 Å². The minimum atomic E-state index is -0.579. The summed E-state index contributed by atoms with van der Waals surface area (Å²) in [6, 6.07) is 13.0. The van der Waals surface area contributed by atoms with Crippen LogP contribution in [0.25, 0.3) is 0 Å². The van der Waals surface area contributed by atoms with Crippen molar-refractivity contribution in [3.8, 4) is 11.5 Å². The van der Waals surface area contributed by atoms with E-state index in [1.807, 2.05) is 19.9 Å². The minimum absolute atomic E-state index is 0.0832. The third kappa shape index (κ3) is 6.58. The normalized spacial score (nSPS) is 12.4. The molecule has 40 heavy (non-hydrogen) atoms. The van der Waals surface area contributed by atoms with Crippen molar-refractivity contribution in [3.63, 3.8) is 0 Å². The fourth-order valence-electron chi connectivity index (χ4n) is 4.40. The SMILES string of the molecule is COc1c(C)c2c(c(NC(=O)Nc3ccccc3Cl)c1C/C=C(\C)CCC(=O)Oc1ccccc1Cl)C(=O)OC2. The summed E-state index contributed by atoms with van der Waals surface area (Å²) < 4.78 is 16.4. The second kappa shape index (κ2) is 12.9. The smallest absolute Gasteiger partial charge is 0.341 e. The number of halogens is 2. The molecule has 0 saturated carbocycles. The summed E-state index contributed by atoms with van der Waals surface area (Å²) in [7, 11) is 1.53. The molecule has 1 aliphatic heterocycles. The van der Waals surface area contributed by atoms with Crippen LogP contribution in [-0.4, -0.2) is 25.1 Å². The summed E-state index contributed by atoms with van der Waals surface area (Å²) in [5.41, 5.74) is 3.92. The van der Waals surface area contributed by atoms with Crippen molar-refractivity contribution < 1.29 is 28.6 Å². The van der Waals surface area contributed by atoms with Crippen LogP contribution < -0.4 is 20.1 Å². The molecular weight excluding hydrogens is 555 g/mol. The molecule has 0 saturated heterocycles. The Balaban J connectivity index is 1.56. The Morgan fingerprint density at radius 1 is 1.02 bits per heavy atom. The number of hydrogen-bond donors (Lipinski definition) is 2. The Labute approximate surface area is 242 Å². The molecule has 3 aromatic rings. The number of benzene rings is 3. The Morgan fingerprint density at radius 2 is 1.73 bits per heavy atom. The highest BCUT2D eigenvalue weighted by Gasteiger charge is 2.32. The van der Waals surface area contributed by atoms with Gasteiger partial charge in [-0.3, -0.25) is 4.79 Å². The highest BCUT2D eigenvalue weighted by molar-refractivity contribution is 6.33. The van der Waals surface area contributed by atoms with Gasteiger partial charge in [-0.1, -0.05) is 59.1 Å². The van der Waals surface area contributed by atoms with E-state index in [9.17, 15) is 14.4 Å². The molecule has 2 amide bonds. The molecule has 0 aliphatic carbocycles. The molecule has 4 rings (SSSR count). The van der Waals surface area contributed by atoms with Crippen LogP contribution in [0.4, 0.5) is 16.2 Å². The van der Waals surface area contributed by atoms with Gasteiger partial charge in [-0.05, 0) is 56.5 Å². The fourth-order valence-corrected chi connectivity index (χ4v) is 4.76. The lowest BCUT2D eigenvalue weighted by molar-refractivity contribution is -0.134. The topological polar surface area (TPSA) is 103 Å². The molecule has 0 atom stereocenters. The molecule has 2 N–H and O–H groups in total. The summed E-state index contributed by atoms with van der Waals surface area (Å²) in [5, 5.41) is 6.27. The molecule has 0 spiro atoms. The monoisotopic (exact) mass is 582 g/mol. The van der Waals surface area contributed by atoms with Crippen LogP contribution in [0.3, 0.4) is 0 Å². The molecule has 0 aromatic heterocycles. The third-order valence-electron chi connectivity index (χ3n) is 6.48. The van der Waals surface area contributed by atoms with Crippen LogP contribution in [0.1, 0.15) is 46.8 Å². The first-order chi connectivity index (χ1) is 19.2. The van der Waals surface area contributed by atoms with E-state index in [1.54, 1.807) is 48.5 Å². The maximum atomic E-state index is 13.0. The van der Waals surface area contributed by atoms with Crippen molar-refractivity contribution >= 4 is 52.5 Å². The first kappa shape index (κ1) is 29.0. The molecule has 208 valence electrons. The van der Waals surface area contributed by atoms with Crippen LogP contribution in [-0.2, 0) is 22.6 Å². The van der Waals surface area contributed by atoms with Gasteiger partial charge in [-0.2, -0.15) is 0 Å². The number of methoxy groups -OCH3 is 1. The predicted octanol–water partition coefficient (Wildman–Crippen LogP) is 7.50. The van der Waals surface area contributed by atoms with Gasteiger partial charge in [0.2, 0.25) is 0 Å². The summed E-state index contributed by atoms with van der Waals surface area (Å²) >= 11 is 12.3. The van der Waals surface area contributed by atoms with Crippen LogP contribution in [0.5, 0.6) is 11.5 Å². The molecule has 0 fully saturated rings. The van der Waals surface area contributed by atoms with E-state index in [0.29, 0.717) is 56.9 Å². The molecule has 10 heteroatoms. The minimum Gasteiger partial charge on any atom is -0.496 e. The number of urea groups is 1.